The molecule has 5 aromatic heterocycles. The van der Waals surface area contributed by atoms with Gasteiger partial charge in [-0.3, -0.25) is 0 Å². The zero-order valence-electron chi connectivity index (χ0n) is 38.0. The second-order valence-electron chi connectivity index (χ2n) is 17.4. The lowest BCUT2D eigenvalue weighted by Gasteiger charge is -2.16. The first-order valence-electron chi connectivity index (χ1n) is 23.5. The molecule has 5 heterocycles. The van der Waals surface area contributed by atoms with Gasteiger partial charge in [0.25, 0.3) is 0 Å². The van der Waals surface area contributed by atoms with E-state index in [1.807, 2.05) is 109 Å². The van der Waals surface area contributed by atoms with E-state index in [-0.39, 0.29) is 0 Å². The van der Waals surface area contributed by atoms with Gasteiger partial charge in [0.2, 0.25) is 0 Å². The van der Waals surface area contributed by atoms with Gasteiger partial charge in [-0.15, -0.1) is 11.3 Å². The summed E-state index contributed by atoms with van der Waals surface area (Å²) in [4.78, 5) is 28.9. The van der Waals surface area contributed by atoms with E-state index in [0.29, 0.717) is 17.1 Å². The summed E-state index contributed by atoms with van der Waals surface area (Å²) in [6.45, 7) is 0. The minimum atomic E-state index is 0.494. The molecule has 0 saturated carbocycles. The molecule has 0 aliphatic rings. The predicted molar refractivity (Wildman–Crippen MR) is 292 cm³/mol. The van der Waals surface area contributed by atoms with E-state index in [1.54, 1.807) is 11.3 Å². The molecule has 0 amide bonds. The van der Waals surface area contributed by atoms with E-state index >= 15 is 0 Å². The predicted octanol–water partition coefficient (Wildman–Crippen LogP) is 16.5. The highest BCUT2D eigenvalue weighted by atomic mass is 32.1. The molecule has 0 saturated heterocycles. The van der Waals surface area contributed by atoms with Crippen LogP contribution in [0.4, 0.5) is 0 Å². The van der Waals surface area contributed by atoms with E-state index in [0.717, 1.165) is 121 Å². The Kier molecular flexibility index (Phi) is 10.3. The molecular formula is C64H38N6S. The Morgan fingerprint density at radius 3 is 1.24 bits per heavy atom. The van der Waals surface area contributed by atoms with E-state index < -0.39 is 0 Å². The first-order chi connectivity index (χ1) is 35.2. The van der Waals surface area contributed by atoms with Gasteiger partial charge in [-0.25, -0.2) is 24.9 Å². The van der Waals surface area contributed by atoms with Crippen LogP contribution in [0.2, 0.25) is 0 Å². The van der Waals surface area contributed by atoms with Gasteiger partial charge in [-0.2, -0.15) is 5.26 Å². The molecule has 13 aromatic rings. The van der Waals surface area contributed by atoms with E-state index in [4.69, 9.17) is 24.9 Å². The van der Waals surface area contributed by atoms with Crippen LogP contribution in [-0.2, 0) is 0 Å². The summed E-state index contributed by atoms with van der Waals surface area (Å²) in [5.74, 6) is 0.600. The Morgan fingerprint density at radius 1 is 0.324 bits per heavy atom. The Labute approximate surface area is 413 Å². The summed E-state index contributed by atoms with van der Waals surface area (Å²) in [5.41, 5.74) is 15.5. The summed E-state index contributed by atoms with van der Waals surface area (Å²) in [7, 11) is 0. The summed E-state index contributed by atoms with van der Waals surface area (Å²) in [6, 6.07) is 81.4. The molecule has 0 atom stereocenters. The third kappa shape index (κ3) is 7.39. The molecule has 13 rings (SSSR count). The highest BCUT2D eigenvalue weighted by Crippen LogP contribution is 2.46. The Bertz CT molecular complexity index is 4200. The molecule has 0 radical (unpaired) electrons. The lowest BCUT2D eigenvalue weighted by Crippen LogP contribution is -1.98. The molecule has 8 aromatic carbocycles. The fraction of sp³-hybridized carbons (Fsp3) is 0. The maximum Gasteiger partial charge on any atom is 0.160 e. The molecule has 0 bridgehead atoms. The molecule has 0 spiro atoms. The topological polar surface area (TPSA) is 88.2 Å². The normalized spacial score (nSPS) is 11.4. The average molecular weight is 923 g/mol. The van der Waals surface area contributed by atoms with Crippen molar-refractivity contribution in [2.75, 3.05) is 0 Å². The molecule has 7 heteroatoms. The Hall–Kier alpha value is -9.48. The van der Waals surface area contributed by atoms with Gasteiger partial charge >= 0.3 is 0 Å². The van der Waals surface area contributed by atoms with Crippen molar-refractivity contribution in [2.45, 2.75) is 0 Å². The van der Waals surface area contributed by atoms with Crippen molar-refractivity contribution < 1.29 is 0 Å². The Morgan fingerprint density at radius 2 is 0.732 bits per heavy atom. The minimum Gasteiger partial charge on any atom is -0.245 e. The van der Waals surface area contributed by atoms with Gasteiger partial charge in [-0.05, 0) is 52.6 Å². The average Bonchev–Trinajstić information content (AvgIpc) is 3.95. The van der Waals surface area contributed by atoms with E-state index in [9.17, 15) is 5.26 Å². The van der Waals surface area contributed by atoms with Gasteiger partial charge in [0.1, 0.15) is 11.6 Å². The maximum absolute atomic E-state index is 11.3. The second kappa shape index (κ2) is 17.6. The molecule has 0 aliphatic heterocycles. The number of nitriles is 1. The summed E-state index contributed by atoms with van der Waals surface area (Å²) < 4.78 is 0. The number of nitrogens with zero attached hydrogens (tertiary/aromatic N) is 6. The molecule has 0 N–H and O–H groups in total. The number of hydrogen-bond donors (Lipinski definition) is 0. The smallest absolute Gasteiger partial charge is 0.160 e. The molecular weight excluding hydrogens is 885 g/mol. The van der Waals surface area contributed by atoms with Gasteiger partial charge in [0.05, 0.1) is 49.8 Å². The van der Waals surface area contributed by atoms with Crippen molar-refractivity contribution in [3.05, 3.63) is 236 Å². The molecule has 330 valence electrons. The zero-order chi connectivity index (χ0) is 47.3. The van der Waals surface area contributed by atoms with Crippen molar-refractivity contribution in [2.24, 2.45) is 0 Å². The van der Waals surface area contributed by atoms with Crippen molar-refractivity contribution in [3.63, 3.8) is 0 Å². The highest BCUT2D eigenvalue weighted by molar-refractivity contribution is 7.19. The van der Waals surface area contributed by atoms with Crippen LogP contribution in [0.3, 0.4) is 0 Å². The molecule has 71 heavy (non-hydrogen) atoms. The lowest BCUT2D eigenvalue weighted by molar-refractivity contribution is 1.23. The van der Waals surface area contributed by atoms with Crippen molar-refractivity contribution in [1.82, 2.24) is 24.9 Å². The fourth-order valence-corrected chi connectivity index (χ4v) is 10.9. The fourth-order valence-electron chi connectivity index (χ4n) is 9.79. The van der Waals surface area contributed by atoms with Gasteiger partial charge in [0, 0.05) is 54.2 Å². The highest BCUT2D eigenvalue weighted by Gasteiger charge is 2.25. The van der Waals surface area contributed by atoms with Crippen LogP contribution in [0.1, 0.15) is 5.56 Å². The van der Waals surface area contributed by atoms with Crippen LogP contribution in [0.15, 0.2) is 231 Å². The summed E-state index contributed by atoms with van der Waals surface area (Å²) in [5, 5.41) is 15.0. The monoisotopic (exact) mass is 922 g/mol. The molecule has 6 nitrogen and oxygen atoms in total. The van der Waals surface area contributed by atoms with Crippen molar-refractivity contribution in [3.8, 4) is 94.5 Å². The van der Waals surface area contributed by atoms with Crippen molar-refractivity contribution >= 4 is 54.9 Å². The largest absolute Gasteiger partial charge is 0.245 e. The molecule has 0 unspecified atom stereocenters. The number of rotatable bonds is 8. The number of aromatic nitrogens is 5. The third-order valence-corrected chi connectivity index (χ3v) is 14.3. The zero-order valence-corrected chi connectivity index (χ0v) is 38.8. The van der Waals surface area contributed by atoms with Crippen LogP contribution in [0.25, 0.3) is 132 Å². The number of hydrogen-bond acceptors (Lipinski definition) is 7. The van der Waals surface area contributed by atoms with Gasteiger partial charge < -0.3 is 0 Å². The van der Waals surface area contributed by atoms with Crippen LogP contribution in [0, 0.1) is 11.3 Å². The third-order valence-electron chi connectivity index (χ3n) is 13.2. The SMILES string of the molecule is N#Cc1c(-c2ccccc2)nc2c(ccc3c(-c4ccccc4)cc(-c4ccccc4)nc32)c1-c1ccc(-c2nc(-c3ccccc3)nc3c2ccc2c(-c4ccccc4)cc(-c4ccccc4)nc23)s1. The molecule has 0 fully saturated rings. The van der Waals surface area contributed by atoms with Crippen LogP contribution < -0.4 is 0 Å². The number of thiophene rings is 1. The van der Waals surface area contributed by atoms with E-state index in [2.05, 4.69) is 127 Å². The second-order valence-corrected chi connectivity index (χ2v) is 18.5. The first-order valence-corrected chi connectivity index (χ1v) is 24.3. The standard InChI is InChI=1S/C64H38N6S/c65-39-52-57(48-33-31-46-50(40-19-7-1-8-20-40)37-53(42-23-11-3-12-24-42)66-60(46)62(48)68-58(52)44-27-15-5-16-28-44)55-35-36-56(71-55)59-49-34-32-47-51(41-21-9-2-10-22-41)38-54(43-25-13-4-14-26-43)67-61(47)63(49)70-64(69-59)45-29-17-6-18-30-45/h1-38H. The minimum absolute atomic E-state index is 0.494. The number of benzene rings is 8. The lowest BCUT2D eigenvalue weighted by atomic mass is 9.93. The van der Waals surface area contributed by atoms with Crippen molar-refractivity contribution in [1.29, 1.82) is 5.26 Å². The van der Waals surface area contributed by atoms with Gasteiger partial charge in [-0.1, -0.05) is 200 Å². The molecule has 0 aliphatic carbocycles. The first kappa shape index (κ1) is 41.7. The van der Waals surface area contributed by atoms with E-state index in [1.165, 1.54) is 0 Å². The summed E-state index contributed by atoms with van der Waals surface area (Å²) in [6.07, 6.45) is 0. The number of fused-ring (bicyclic) bond motifs is 6. The number of pyridine rings is 3. The van der Waals surface area contributed by atoms with Crippen LogP contribution >= 0.6 is 11.3 Å². The maximum atomic E-state index is 11.3. The van der Waals surface area contributed by atoms with Crippen LogP contribution in [-0.4, -0.2) is 24.9 Å². The quantitative estimate of drug-likeness (QED) is 0.141. The van der Waals surface area contributed by atoms with Crippen LogP contribution in [0.5, 0.6) is 0 Å². The Balaban J connectivity index is 1.08. The summed E-state index contributed by atoms with van der Waals surface area (Å²) >= 11 is 1.61. The van der Waals surface area contributed by atoms with Gasteiger partial charge in [0.15, 0.2) is 5.82 Å².